The van der Waals surface area contributed by atoms with Crippen LogP contribution in [-0.4, -0.2) is 57.8 Å². The van der Waals surface area contributed by atoms with Crippen LogP contribution >= 0.6 is 0 Å². The summed E-state index contributed by atoms with van der Waals surface area (Å²) >= 11 is 0. The average molecular weight is 546 g/mol. The van der Waals surface area contributed by atoms with Crippen molar-refractivity contribution in [1.82, 2.24) is 10.2 Å². The van der Waals surface area contributed by atoms with E-state index in [-0.39, 0.29) is 11.5 Å². The summed E-state index contributed by atoms with van der Waals surface area (Å²) in [5.74, 6) is 0.638. The second-order valence-corrected chi connectivity index (χ2v) is 11.6. The minimum atomic E-state index is -3.88. The van der Waals surface area contributed by atoms with E-state index in [1.165, 1.54) is 5.56 Å². The third kappa shape index (κ3) is 6.42. The second kappa shape index (κ2) is 12.2. The molecule has 39 heavy (non-hydrogen) atoms. The average Bonchev–Trinajstić information content (AvgIpc) is 2.96. The van der Waals surface area contributed by atoms with Crippen LogP contribution in [0.1, 0.15) is 17.5 Å². The summed E-state index contributed by atoms with van der Waals surface area (Å²) in [7, 11) is -3.88. The van der Waals surface area contributed by atoms with Crippen molar-refractivity contribution in [3.8, 4) is 16.9 Å². The molecule has 0 amide bonds. The van der Waals surface area contributed by atoms with Gasteiger partial charge in [-0.05, 0) is 71.1 Å². The van der Waals surface area contributed by atoms with Gasteiger partial charge in [0.1, 0.15) is 5.75 Å². The molecule has 0 radical (unpaired) electrons. The summed E-state index contributed by atoms with van der Waals surface area (Å²) in [5.41, 5.74) is 3.90. The smallest absolute Gasteiger partial charge is 0.261 e. The van der Waals surface area contributed by atoms with Gasteiger partial charge in [0.05, 0.1) is 23.8 Å². The highest BCUT2D eigenvalue weighted by molar-refractivity contribution is 7.92. The number of benzene rings is 4. The Bertz CT molecular complexity index is 1530. The first-order valence-corrected chi connectivity index (χ1v) is 14.8. The van der Waals surface area contributed by atoms with Gasteiger partial charge < -0.3 is 20.1 Å². The normalized spacial score (nSPS) is 14.4. The van der Waals surface area contributed by atoms with Crippen LogP contribution in [-0.2, 0) is 16.6 Å². The van der Waals surface area contributed by atoms with E-state index in [0.29, 0.717) is 23.6 Å². The van der Waals surface area contributed by atoms with Crippen LogP contribution in [0.15, 0.2) is 83.8 Å². The SMILES string of the molecule is Cc1ccc(-c2ccc(CO)c(NS(=O)(=O)c3ccc(OCCCN4CCNCC4)cc3)c2)c2ccccc12. The Kier molecular flexibility index (Phi) is 8.47. The summed E-state index contributed by atoms with van der Waals surface area (Å²) in [5, 5.41) is 15.5. The lowest BCUT2D eigenvalue weighted by atomic mass is 9.94. The maximum absolute atomic E-state index is 13.3. The van der Waals surface area contributed by atoms with Crippen molar-refractivity contribution in [2.45, 2.75) is 24.8 Å². The third-order valence-electron chi connectivity index (χ3n) is 7.21. The summed E-state index contributed by atoms with van der Waals surface area (Å²) in [6, 6.07) is 24.2. The molecule has 4 aromatic rings. The number of aliphatic hydroxyl groups is 1. The fourth-order valence-electron chi connectivity index (χ4n) is 5.01. The molecule has 1 saturated heterocycles. The Labute approximate surface area is 230 Å². The molecule has 3 N–H and O–H groups in total. The molecule has 8 heteroatoms. The van der Waals surface area contributed by atoms with E-state index < -0.39 is 10.0 Å². The van der Waals surface area contributed by atoms with E-state index in [1.807, 2.05) is 24.3 Å². The van der Waals surface area contributed by atoms with Crippen molar-refractivity contribution in [2.24, 2.45) is 0 Å². The van der Waals surface area contributed by atoms with E-state index in [4.69, 9.17) is 4.74 Å². The van der Waals surface area contributed by atoms with E-state index in [2.05, 4.69) is 40.1 Å². The van der Waals surface area contributed by atoms with Gasteiger partial charge in [-0.1, -0.05) is 48.5 Å². The predicted octanol–water partition coefficient (Wildman–Crippen LogP) is 4.78. The molecule has 1 heterocycles. The Morgan fingerprint density at radius 3 is 2.44 bits per heavy atom. The van der Waals surface area contributed by atoms with Crippen molar-refractivity contribution in [3.63, 3.8) is 0 Å². The Morgan fingerprint density at radius 2 is 1.69 bits per heavy atom. The molecular formula is C31H35N3O4S. The van der Waals surface area contributed by atoms with Crippen LogP contribution in [0, 0.1) is 6.92 Å². The van der Waals surface area contributed by atoms with E-state index in [0.717, 1.165) is 61.0 Å². The highest BCUT2D eigenvalue weighted by Crippen LogP contribution is 2.34. The van der Waals surface area contributed by atoms with Crippen LogP contribution in [0.4, 0.5) is 5.69 Å². The summed E-state index contributed by atoms with van der Waals surface area (Å²) in [4.78, 5) is 2.55. The number of fused-ring (bicyclic) bond motifs is 1. The quantitative estimate of drug-likeness (QED) is 0.249. The number of aliphatic hydroxyl groups excluding tert-OH is 1. The van der Waals surface area contributed by atoms with Crippen LogP contribution < -0.4 is 14.8 Å². The molecule has 0 atom stereocenters. The molecule has 0 aliphatic carbocycles. The van der Waals surface area contributed by atoms with Crippen molar-refractivity contribution in [1.29, 1.82) is 0 Å². The number of ether oxygens (including phenoxy) is 1. The lowest BCUT2D eigenvalue weighted by Gasteiger charge is -2.26. The molecule has 1 fully saturated rings. The molecule has 1 aliphatic heterocycles. The first kappa shape index (κ1) is 27.1. The lowest BCUT2D eigenvalue weighted by molar-refractivity contribution is 0.214. The fraction of sp³-hybridized carbons (Fsp3) is 0.290. The molecule has 204 valence electrons. The van der Waals surface area contributed by atoms with Crippen LogP contribution in [0.3, 0.4) is 0 Å². The van der Waals surface area contributed by atoms with Gasteiger partial charge in [0.25, 0.3) is 10.0 Å². The predicted molar refractivity (Wildman–Crippen MR) is 157 cm³/mol. The summed E-state index contributed by atoms with van der Waals surface area (Å²) < 4.78 is 35.1. The van der Waals surface area contributed by atoms with Gasteiger partial charge in [0.15, 0.2) is 0 Å². The Balaban J connectivity index is 1.30. The maximum atomic E-state index is 13.3. The van der Waals surface area contributed by atoms with Crippen molar-refractivity contribution >= 4 is 26.5 Å². The molecule has 1 aliphatic rings. The van der Waals surface area contributed by atoms with Crippen molar-refractivity contribution < 1.29 is 18.3 Å². The number of nitrogens with one attached hydrogen (secondary N) is 2. The minimum Gasteiger partial charge on any atom is -0.494 e. The highest BCUT2D eigenvalue weighted by atomic mass is 32.2. The van der Waals surface area contributed by atoms with Gasteiger partial charge in [-0.3, -0.25) is 4.72 Å². The topological polar surface area (TPSA) is 90.9 Å². The standard InChI is InChI=1S/C31H35N3O4S/c1-23-7-14-29(30-6-3-2-5-28(23)30)24-8-9-25(22-35)31(21-24)33-39(36,37)27-12-10-26(11-13-27)38-20-4-17-34-18-15-32-16-19-34/h2-3,5-14,21,32-33,35H,4,15-20,22H2,1H3. The molecule has 7 nitrogen and oxygen atoms in total. The van der Waals surface area contributed by atoms with Crippen LogP contribution in [0.2, 0.25) is 0 Å². The van der Waals surface area contributed by atoms with Crippen LogP contribution in [0.5, 0.6) is 5.75 Å². The van der Waals surface area contributed by atoms with Crippen molar-refractivity contribution in [3.05, 3.63) is 90.0 Å². The van der Waals surface area contributed by atoms with Gasteiger partial charge in [-0.25, -0.2) is 8.42 Å². The zero-order chi connectivity index (χ0) is 27.2. The molecule has 5 rings (SSSR count). The van der Waals surface area contributed by atoms with E-state index in [9.17, 15) is 13.5 Å². The zero-order valence-electron chi connectivity index (χ0n) is 22.2. The number of sulfonamides is 1. The van der Waals surface area contributed by atoms with Gasteiger partial charge in [0, 0.05) is 38.3 Å². The maximum Gasteiger partial charge on any atom is 0.261 e. The number of anilines is 1. The number of hydrogen-bond donors (Lipinski definition) is 3. The molecule has 4 aromatic carbocycles. The molecule has 0 unspecified atom stereocenters. The first-order chi connectivity index (χ1) is 18.9. The molecule has 0 aromatic heterocycles. The lowest BCUT2D eigenvalue weighted by Crippen LogP contribution is -2.43. The highest BCUT2D eigenvalue weighted by Gasteiger charge is 2.18. The number of rotatable bonds is 10. The van der Waals surface area contributed by atoms with E-state index >= 15 is 0 Å². The van der Waals surface area contributed by atoms with Gasteiger partial charge >= 0.3 is 0 Å². The molecule has 0 bridgehead atoms. The molecule has 0 spiro atoms. The van der Waals surface area contributed by atoms with Gasteiger partial charge in [0.2, 0.25) is 0 Å². The second-order valence-electron chi connectivity index (χ2n) is 9.88. The number of piperazine rings is 1. The molecular weight excluding hydrogens is 510 g/mol. The third-order valence-corrected chi connectivity index (χ3v) is 8.59. The summed E-state index contributed by atoms with van der Waals surface area (Å²) in [6.45, 7) is 7.52. The Morgan fingerprint density at radius 1 is 0.949 bits per heavy atom. The van der Waals surface area contributed by atoms with Crippen molar-refractivity contribution in [2.75, 3.05) is 44.1 Å². The largest absolute Gasteiger partial charge is 0.494 e. The molecule has 0 saturated carbocycles. The minimum absolute atomic E-state index is 0.130. The zero-order valence-corrected chi connectivity index (χ0v) is 23.0. The number of aryl methyl sites for hydroxylation is 1. The Hall–Kier alpha value is -3.43. The fourth-order valence-corrected chi connectivity index (χ4v) is 6.10. The van der Waals surface area contributed by atoms with E-state index in [1.54, 1.807) is 36.4 Å². The van der Waals surface area contributed by atoms with Crippen LogP contribution in [0.25, 0.3) is 21.9 Å². The summed E-state index contributed by atoms with van der Waals surface area (Å²) in [6.07, 6.45) is 0.915. The monoisotopic (exact) mass is 545 g/mol. The number of nitrogens with zero attached hydrogens (tertiary/aromatic N) is 1. The van der Waals surface area contributed by atoms with Gasteiger partial charge in [-0.15, -0.1) is 0 Å². The first-order valence-electron chi connectivity index (χ1n) is 13.4. The number of hydrogen-bond acceptors (Lipinski definition) is 6. The van der Waals surface area contributed by atoms with Gasteiger partial charge in [-0.2, -0.15) is 0 Å².